The first-order valence-corrected chi connectivity index (χ1v) is 8.82. The predicted molar refractivity (Wildman–Crippen MR) is 81.8 cm³/mol. The number of benzene rings is 1. The Hall–Kier alpha value is -1.14. The van der Waals surface area contributed by atoms with E-state index in [1.54, 1.807) is 4.31 Å². The molecule has 0 bridgehead atoms. The highest BCUT2D eigenvalue weighted by Gasteiger charge is 2.33. The number of hydrogen-bond donors (Lipinski definition) is 1. The van der Waals surface area contributed by atoms with E-state index < -0.39 is 15.8 Å². The van der Waals surface area contributed by atoms with Crippen LogP contribution in [0.4, 0.5) is 10.1 Å². The van der Waals surface area contributed by atoms with Crippen molar-refractivity contribution in [2.75, 3.05) is 12.3 Å². The van der Waals surface area contributed by atoms with Gasteiger partial charge in [0.15, 0.2) is 0 Å². The Kier molecular flexibility index (Phi) is 4.88. The minimum atomic E-state index is -3.71. The molecule has 1 aromatic rings. The van der Waals surface area contributed by atoms with E-state index in [9.17, 15) is 12.8 Å². The van der Waals surface area contributed by atoms with Crippen LogP contribution in [0.15, 0.2) is 23.1 Å². The molecular weight excluding hydrogens is 291 g/mol. The van der Waals surface area contributed by atoms with Gasteiger partial charge in [-0.3, -0.25) is 0 Å². The fourth-order valence-corrected chi connectivity index (χ4v) is 4.78. The Labute approximate surface area is 126 Å². The van der Waals surface area contributed by atoms with Crippen molar-refractivity contribution in [2.45, 2.75) is 50.5 Å². The highest BCUT2D eigenvalue weighted by molar-refractivity contribution is 7.89. The lowest BCUT2D eigenvalue weighted by Crippen LogP contribution is -2.41. The number of hydrogen-bond acceptors (Lipinski definition) is 3. The maximum Gasteiger partial charge on any atom is 0.243 e. The Morgan fingerprint density at radius 1 is 1.29 bits per heavy atom. The van der Waals surface area contributed by atoms with Crippen molar-refractivity contribution in [3.63, 3.8) is 0 Å². The number of nitrogens with zero attached hydrogens (tertiary/aromatic N) is 1. The molecule has 1 aliphatic carbocycles. The van der Waals surface area contributed by atoms with Crippen molar-refractivity contribution in [2.24, 2.45) is 5.92 Å². The third-order valence-electron chi connectivity index (χ3n) is 3.78. The van der Waals surface area contributed by atoms with Gasteiger partial charge in [-0.1, -0.05) is 26.7 Å². The third-order valence-corrected chi connectivity index (χ3v) is 5.67. The van der Waals surface area contributed by atoms with E-state index in [-0.39, 0.29) is 22.5 Å². The van der Waals surface area contributed by atoms with Gasteiger partial charge in [-0.25, -0.2) is 12.8 Å². The van der Waals surface area contributed by atoms with Gasteiger partial charge >= 0.3 is 0 Å². The first kappa shape index (κ1) is 16.2. The topological polar surface area (TPSA) is 63.4 Å². The van der Waals surface area contributed by atoms with E-state index in [2.05, 4.69) is 0 Å². The molecule has 0 radical (unpaired) electrons. The quantitative estimate of drug-likeness (QED) is 0.850. The van der Waals surface area contributed by atoms with E-state index in [4.69, 9.17) is 5.73 Å². The fourth-order valence-electron chi connectivity index (χ4n) is 2.86. The summed E-state index contributed by atoms with van der Waals surface area (Å²) in [6, 6.07) is 3.53. The molecule has 0 heterocycles. The second-order valence-corrected chi connectivity index (χ2v) is 8.02. The molecule has 118 valence electrons. The Bertz CT molecular complexity index is 575. The van der Waals surface area contributed by atoms with E-state index in [0.29, 0.717) is 6.54 Å². The molecule has 0 aromatic heterocycles. The molecule has 1 saturated carbocycles. The highest BCUT2D eigenvalue weighted by atomic mass is 32.2. The predicted octanol–water partition coefficient (Wildman–Crippen LogP) is 3.00. The van der Waals surface area contributed by atoms with Gasteiger partial charge in [-0.2, -0.15) is 4.31 Å². The molecule has 1 fully saturated rings. The molecule has 2 N–H and O–H groups in total. The zero-order valence-electron chi connectivity index (χ0n) is 12.5. The summed E-state index contributed by atoms with van der Waals surface area (Å²) in [5.74, 6) is -0.407. The molecule has 4 nitrogen and oxygen atoms in total. The van der Waals surface area contributed by atoms with E-state index in [1.807, 2.05) is 13.8 Å². The molecule has 21 heavy (non-hydrogen) atoms. The summed E-state index contributed by atoms with van der Waals surface area (Å²) in [6.45, 7) is 4.41. The van der Waals surface area contributed by atoms with Crippen molar-refractivity contribution < 1.29 is 12.8 Å². The van der Waals surface area contributed by atoms with Crippen LogP contribution in [-0.2, 0) is 10.0 Å². The van der Waals surface area contributed by atoms with Gasteiger partial charge < -0.3 is 5.73 Å². The summed E-state index contributed by atoms with van der Waals surface area (Å²) >= 11 is 0. The van der Waals surface area contributed by atoms with E-state index in [1.165, 1.54) is 6.07 Å². The molecule has 0 atom stereocenters. The van der Waals surface area contributed by atoms with Crippen LogP contribution >= 0.6 is 0 Å². The van der Waals surface area contributed by atoms with Crippen molar-refractivity contribution >= 4 is 15.7 Å². The van der Waals surface area contributed by atoms with Crippen molar-refractivity contribution in [3.05, 3.63) is 24.0 Å². The third kappa shape index (κ3) is 3.74. The van der Waals surface area contributed by atoms with Gasteiger partial charge in [0.25, 0.3) is 0 Å². The number of halogens is 1. The maximum absolute atomic E-state index is 13.5. The fraction of sp³-hybridized carbons (Fsp3) is 0.600. The van der Waals surface area contributed by atoms with Crippen LogP contribution in [0.2, 0.25) is 0 Å². The number of anilines is 1. The zero-order valence-corrected chi connectivity index (χ0v) is 13.4. The summed E-state index contributed by atoms with van der Waals surface area (Å²) in [7, 11) is -3.71. The van der Waals surface area contributed by atoms with Gasteiger partial charge in [0.2, 0.25) is 10.0 Å². The van der Waals surface area contributed by atoms with Crippen LogP contribution < -0.4 is 5.73 Å². The zero-order chi connectivity index (χ0) is 15.6. The van der Waals surface area contributed by atoms with Crippen molar-refractivity contribution in [3.8, 4) is 0 Å². The average Bonchev–Trinajstić information content (AvgIpc) is 2.87. The Balaban J connectivity index is 2.40. The molecule has 0 unspecified atom stereocenters. The molecule has 0 amide bonds. The smallest absolute Gasteiger partial charge is 0.243 e. The second-order valence-electron chi connectivity index (χ2n) is 6.13. The lowest BCUT2D eigenvalue weighted by Gasteiger charge is -2.29. The number of sulfonamides is 1. The lowest BCUT2D eigenvalue weighted by molar-refractivity contribution is 0.292. The molecular formula is C15H23FN2O2S. The first-order valence-electron chi connectivity index (χ1n) is 7.38. The average molecular weight is 314 g/mol. The van der Waals surface area contributed by atoms with Crippen LogP contribution in [0.3, 0.4) is 0 Å². The lowest BCUT2D eigenvalue weighted by atomic mass is 10.2. The molecule has 6 heteroatoms. The van der Waals surface area contributed by atoms with Gasteiger partial charge in [-0.05, 0) is 37.0 Å². The van der Waals surface area contributed by atoms with Crippen LogP contribution in [0.1, 0.15) is 39.5 Å². The summed E-state index contributed by atoms with van der Waals surface area (Å²) in [5.41, 5.74) is 5.72. The minimum Gasteiger partial charge on any atom is -0.399 e. The summed E-state index contributed by atoms with van der Waals surface area (Å²) < 4.78 is 40.8. The standard InChI is InChI=1S/C15H23FN2O2S/c1-11(2)10-18(14-5-3-4-6-14)21(19,20)15-8-12(16)7-13(17)9-15/h7-9,11,14H,3-6,10,17H2,1-2H3. The molecule has 0 saturated heterocycles. The Morgan fingerprint density at radius 2 is 1.90 bits per heavy atom. The maximum atomic E-state index is 13.5. The monoisotopic (exact) mass is 314 g/mol. The second kappa shape index (κ2) is 6.32. The van der Waals surface area contributed by atoms with E-state index in [0.717, 1.165) is 37.8 Å². The number of rotatable bonds is 5. The van der Waals surface area contributed by atoms with Crippen LogP contribution in [0, 0.1) is 11.7 Å². The number of nitrogens with two attached hydrogens (primary N) is 1. The molecule has 1 aliphatic rings. The minimum absolute atomic E-state index is 0.0156. The largest absolute Gasteiger partial charge is 0.399 e. The van der Waals surface area contributed by atoms with Gasteiger partial charge in [0, 0.05) is 18.3 Å². The molecule has 2 rings (SSSR count). The van der Waals surface area contributed by atoms with Crippen LogP contribution in [0.25, 0.3) is 0 Å². The van der Waals surface area contributed by atoms with Crippen molar-refractivity contribution in [1.29, 1.82) is 0 Å². The van der Waals surface area contributed by atoms with Gasteiger partial charge in [0.05, 0.1) is 4.90 Å². The van der Waals surface area contributed by atoms with E-state index >= 15 is 0 Å². The van der Waals surface area contributed by atoms with Crippen LogP contribution in [0.5, 0.6) is 0 Å². The molecule has 0 spiro atoms. The Morgan fingerprint density at radius 3 is 2.43 bits per heavy atom. The molecule has 0 aliphatic heterocycles. The first-order chi connectivity index (χ1) is 9.80. The normalized spacial score (nSPS) is 17.0. The highest BCUT2D eigenvalue weighted by Crippen LogP contribution is 2.30. The number of nitrogen functional groups attached to an aromatic ring is 1. The van der Waals surface area contributed by atoms with Crippen LogP contribution in [-0.4, -0.2) is 25.3 Å². The van der Waals surface area contributed by atoms with Gasteiger partial charge in [0.1, 0.15) is 5.82 Å². The summed E-state index contributed by atoms with van der Waals surface area (Å²) in [5, 5.41) is 0. The SMILES string of the molecule is CC(C)CN(C1CCCC1)S(=O)(=O)c1cc(N)cc(F)c1. The molecule has 1 aromatic carbocycles. The van der Waals surface area contributed by atoms with Gasteiger partial charge in [-0.15, -0.1) is 0 Å². The summed E-state index contributed by atoms with van der Waals surface area (Å²) in [4.78, 5) is -0.0486. The van der Waals surface area contributed by atoms with Crippen molar-refractivity contribution in [1.82, 2.24) is 4.31 Å². The summed E-state index contributed by atoms with van der Waals surface area (Å²) in [6.07, 6.45) is 3.83.